The first-order valence-electron chi connectivity index (χ1n) is 7.02. The molecule has 1 aliphatic rings. The van der Waals surface area contributed by atoms with Gasteiger partial charge in [0.2, 0.25) is 5.95 Å². The highest BCUT2D eigenvalue weighted by molar-refractivity contribution is 5.90. The minimum absolute atomic E-state index is 0.345. The van der Waals surface area contributed by atoms with E-state index in [-0.39, 0.29) is 5.97 Å². The van der Waals surface area contributed by atoms with E-state index in [1.165, 1.54) is 6.20 Å². The fraction of sp³-hybridized carbons (Fsp3) is 0.643. The summed E-state index contributed by atoms with van der Waals surface area (Å²) < 4.78 is 10.5. The Labute approximate surface area is 118 Å². The molecule has 0 atom stereocenters. The number of carbonyl (C=O) groups excluding carboxylic acids is 1. The van der Waals surface area contributed by atoms with E-state index < -0.39 is 0 Å². The van der Waals surface area contributed by atoms with E-state index in [2.05, 4.69) is 15.3 Å². The van der Waals surface area contributed by atoms with Gasteiger partial charge in [-0.3, -0.25) is 0 Å². The van der Waals surface area contributed by atoms with Gasteiger partial charge in [-0.05, 0) is 33.6 Å². The van der Waals surface area contributed by atoms with Gasteiger partial charge in [-0.2, -0.15) is 0 Å². The second-order valence-corrected chi connectivity index (χ2v) is 4.80. The fourth-order valence-corrected chi connectivity index (χ4v) is 2.18. The average Bonchev–Trinajstić information content (AvgIpc) is 2.36. The third kappa shape index (κ3) is 3.45. The Morgan fingerprint density at radius 1 is 1.40 bits per heavy atom. The van der Waals surface area contributed by atoms with Gasteiger partial charge in [0.05, 0.1) is 24.0 Å². The quantitative estimate of drug-likeness (QED) is 0.802. The predicted octanol–water partition coefficient (Wildman–Crippen LogP) is 1.94. The lowest BCUT2D eigenvalue weighted by molar-refractivity contribution is 0.00285. The molecular weight excluding hydrogens is 258 g/mol. The first kappa shape index (κ1) is 14.7. The van der Waals surface area contributed by atoms with E-state index in [0.717, 1.165) is 19.4 Å². The molecule has 0 bridgehead atoms. The largest absolute Gasteiger partial charge is 0.462 e. The molecule has 0 radical (unpaired) electrons. The predicted molar refractivity (Wildman–Crippen MR) is 74.8 cm³/mol. The second kappa shape index (κ2) is 6.65. The highest BCUT2D eigenvalue weighted by atomic mass is 16.5. The van der Waals surface area contributed by atoms with Gasteiger partial charge in [0, 0.05) is 18.8 Å². The van der Waals surface area contributed by atoms with E-state index in [0.29, 0.717) is 36.0 Å². The Morgan fingerprint density at radius 2 is 2.15 bits per heavy atom. The van der Waals surface area contributed by atoms with Crippen LogP contribution in [0.5, 0.6) is 0 Å². The summed E-state index contributed by atoms with van der Waals surface area (Å²) in [5, 5.41) is 3.25. The molecule has 0 unspecified atom stereocenters. The van der Waals surface area contributed by atoms with E-state index in [9.17, 15) is 4.79 Å². The summed E-state index contributed by atoms with van der Waals surface area (Å²) in [7, 11) is 0. The van der Waals surface area contributed by atoms with Crippen molar-refractivity contribution in [3.63, 3.8) is 0 Å². The Hall–Kier alpha value is -1.69. The maximum absolute atomic E-state index is 11.6. The van der Waals surface area contributed by atoms with Gasteiger partial charge in [0.1, 0.15) is 0 Å². The van der Waals surface area contributed by atoms with Crippen molar-refractivity contribution in [2.45, 2.75) is 45.8 Å². The van der Waals surface area contributed by atoms with Crippen molar-refractivity contribution in [1.82, 2.24) is 9.97 Å². The van der Waals surface area contributed by atoms with Crippen LogP contribution in [-0.4, -0.2) is 41.3 Å². The number of rotatable bonds is 6. The van der Waals surface area contributed by atoms with Crippen molar-refractivity contribution in [3.05, 3.63) is 17.5 Å². The molecule has 0 amide bonds. The maximum Gasteiger partial charge on any atom is 0.341 e. The SMILES string of the molecule is CCOC(=O)c1cnc(NC2CC(OCC)C2)nc1C. The lowest BCUT2D eigenvalue weighted by atomic mass is 9.89. The summed E-state index contributed by atoms with van der Waals surface area (Å²) in [6, 6.07) is 0.347. The van der Waals surface area contributed by atoms with Crippen LogP contribution in [0.15, 0.2) is 6.20 Å². The van der Waals surface area contributed by atoms with E-state index >= 15 is 0 Å². The summed E-state index contributed by atoms with van der Waals surface area (Å²) in [6.45, 7) is 6.65. The molecule has 20 heavy (non-hydrogen) atoms. The molecule has 1 aliphatic carbocycles. The summed E-state index contributed by atoms with van der Waals surface area (Å²) in [6.07, 6.45) is 3.80. The Morgan fingerprint density at radius 3 is 2.75 bits per heavy atom. The van der Waals surface area contributed by atoms with Crippen LogP contribution in [0.25, 0.3) is 0 Å². The Balaban J connectivity index is 1.91. The maximum atomic E-state index is 11.6. The Kier molecular flexibility index (Phi) is 4.89. The molecule has 0 aliphatic heterocycles. The van der Waals surface area contributed by atoms with Crippen molar-refractivity contribution < 1.29 is 14.3 Å². The van der Waals surface area contributed by atoms with Crippen molar-refractivity contribution in [2.24, 2.45) is 0 Å². The zero-order valence-electron chi connectivity index (χ0n) is 12.2. The standard InChI is InChI=1S/C14H21N3O3/c1-4-19-11-6-10(7-11)17-14-15-8-12(9(3)16-14)13(18)20-5-2/h8,10-11H,4-7H2,1-3H3,(H,15,16,17). The van der Waals surface area contributed by atoms with Crippen LogP contribution in [0, 0.1) is 6.92 Å². The fourth-order valence-electron chi connectivity index (χ4n) is 2.18. The van der Waals surface area contributed by atoms with Gasteiger partial charge in [-0.25, -0.2) is 14.8 Å². The molecule has 1 heterocycles. The highest BCUT2D eigenvalue weighted by Gasteiger charge is 2.30. The number of carbonyl (C=O) groups is 1. The molecule has 1 aromatic heterocycles. The molecule has 110 valence electrons. The molecule has 1 fully saturated rings. The van der Waals surface area contributed by atoms with E-state index in [1.807, 2.05) is 6.92 Å². The average molecular weight is 279 g/mol. The van der Waals surface area contributed by atoms with Gasteiger partial charge in [0.15, 0.2) is 0 Å². The lowest BCUT2D eigenvalue weighted by Crippen LogP contribution is -2.41. The number of esters is 1. The number of nitrogens with one attached hydrogen (secondary N) is 1. The molecule has 1 aromatic rings. The number of hydrogen-bond acceptors (Lipinski definition) is 6. The zero-order chi connectivity index (χ0) is 14.5. The summed E-state index contributed by atoms with van der Waals surface area (Å²) in [5.41, 5.74) is 1.04. The van der Waals surface area contributed by atoms with Crippen molar-refractivity contribution in [3.8, 4) is 0 Å². The van der Waals surface area contributed by atoms with Crippen LogP contribution in [0.3, 0.4) is 0 Å². The Bertz CT molecular complexity index is 473. The summed E-state index contributed by atoms with van der Waals surface area (Å²) in [4.78, 5) is 20.1. The second-order valence-electron chi connectivity index (χ2n) is 4.80. The molecule has 2 rings (SSSR count). The van der Waals surface area contributed by atoms with Gasteiger partial charge < -0.3 is 14.8 Å². The number of hydrogen-bond donors (Lipinski definition) is 1. The van der Waals surface area contributed by atoms with E-state index in [4.69, 9.17) is 9.47 Å². The number of nitrogens with zero attached hydrogens (tertiary/aromatic N) is 2. The van der Waals surface area contributed by atoms with Gasteiger partial charge in [-0.15, -0.1) is 0 Å². The zero-order valence-corrected chi connectivity index (χ0v) is 12.2. The van der Waals surface area contributed by atoms with Crippen LogP contribution >= 0.6 is 0 Å². The lowest BCUT2D eigenvalue weighted by Gasteiger charge is -2.35. The van der Waals surface area contributed by atoms with Crippen LogP contribution in [0.1, 0.15) is 42.7 Å². The molecule has 1 saturated carbocycles. The smallest absolute Gasteiger partial charge is 0.341 e. The third-order valence-corrected chi connectivity index (χ3v) is 3.31. The number of aromatic nitrogens is 2. The monoisotopic (exact) mass is 279 g/mol. The molecule has 0 spiro atoms. The first-order valence-corrected chi connectivity index (χ1v) is 7.02. The molecule has 1 N–H and O–H groups in total. The normalized spacial score (nSPS) is 21.1. The number of ether oxygens (including phenoxy) is 2. The number of anilines is 1. The van der Waals surface area contributed by atoms with Gasteiger partial charge >= 0.3 is 5.97 Å². The summed E-state index contributed by atoms with van der Waals surface area (Å²) >= 11 is 0. The van der Waals surface area contributed by atoms with Crippen molar-refractivity contribution in [1.29, 1.82) is 0 Å². The molecule has 0 aromatic carbocycles. The minimum atomic E-state index is -0.378. The van der Waals surface area contributed by atoms with Crippen molar-refractivity contribution >= 4 is 11.9 Å². The van der Waals surface area contributed by atoms with Gasteiger partial charge in [0.25, 0.3) is 0 Å². The third-order valence-electron chi connectivity index (χ3n) is 3.31. The highest BCUT2D eigenvalue weighted by Crippen LogP contribution is 2.25. The topological polar surface area (TPSA) is 73.3 Å². The van der Waals surface area contributed by atoms with Crippen LogP contribution in [-0.2, 0) is 9.47 Å². The van der Waals surface area contributed by atoms with Gasteiger partial charge in [-0.1, -0.05) is 0 Å². The molecule has 6 heteroatoms. The minimum Gasteiger partial charge on any atom is -0.462 e. The van der Waals surface area contributed by atoms with E-state index in [1.54, 1.807) is 13.8 Å². The summed E-state index contributed by atoms with van der Waals surface area (Å²) in [5.74, 6) is 0.173. The molecular formula is C14H21N3O3. The van der Waals surface area contributed by atoms with Crippen LogP contribution in [0.2, 0.25) is 0 Å². The molecule has 0 saturated heterocycles. The van der Waals surface area contributed by atoms with Crippen LogP contribution < -0.4 is 5.32 Å². The van der Waals surface area contributed by atoms with Crippen LogP contribution in [0.4, 0.5) is 5.95 Å². The van der Waals surface area contributed by atoms with Crippen molar-refractivity contribution in [2.75, 3.05) is 18.5 Å². The molecule has 6 nitrogen and oxygen atoms in total. The number of aryl methyl sites for hydroxylation is 1. The first-order chi connectivity index (χ1) is 9.63.